The van der Waals surface area contributed by atoms with Crippen LogP contribution in [0.1, 0.15) is 44.0 Å². The Morgan fingerprint density at radius 2 is 1.67 bits per heavy atom. The number of hydrogen-bond acceptors (Lipinski definition) is 9. The van der Waals surface area contributed by atoms with Gasteiger partial charge in [0.05, 0.1) is 27.8 Å². The van der Waals surface area contributed by atoms with E-state index >= 15 is 0 Å². The predicted molar refractivity (Wildman–Crippen MR) is 172 cm³/mol. The first-order chi connectivity index (χ1) is 22.6. The molecule has 252 valence electrons. The summed E-state index contributed by atoms with van der Waals surface area (Å²) in [7, 11) is 2.00. The third kappa shape index (κ3) is 7.04. The highest BCUT2D eigenvalue weighted by Crippen LogP contribution is 2.44. The van der Waals surface area contributed by atoms with Crippen LogP contribution in [-0.4, -0.2) is 86.9 Å². The zero-order valence-corrected chi connectivity index (χ0v) is 26.9. The first-order valence-electron chi connectivity index (χ1n) is 15.5. The number of nitrogens with one attached hydrogen (secondary N) is 1. The molecule has 0 spiro atoms. The number of anilines is 1. The number of esters is 1. The number of rotatable bonds is 7. The first kappa shape index (κ1) is 33.1. The Balaban J connectivity index is 1.30. The molecule has 2 fully saturated rings. The minimum Gasteiger partial charge on any atom is -0.456 e. The summed E-state index contributed by atoms with van der Waals surface area (Å²) in [5.41, 5.74) is -0.111. The fraction of sp³-hybridized carbons (Fsp3) is 0.382. The van der Waals surface area contributed by atoms with E-state index in [-0.39, 0.29) is 22.3 Å². The highest BCUT2D eigenvalue weighted by molar-refractivity contribution is 6.01. The number of aromatic nitrogens is 3. The summed E-state index contributed by atoms with van der Waals surface area (Å²) in [5, 5.41) is 2.91. The van der Waals surface area contributed by atoms with Gasteiger partial charge in [-0.1, -0.05) is 6.07 Å². The highest BCUT2D eigenvalue weighted by Gasteiger charge is 2.55. The molecule has 0 bridgehead atoms. The Hall–Kier alpha value is -4.82. The van der Waals surface area contributed by atoms with Gasteiger partial charge in [0.15, 0.2) is 5.75 Å². The molecule has 1 aliphatic heterocycles. The van der Waals surface area contributed by atoms with Crippen molar-refractivity contribution >= 4 is 28.5 Å². The van der Waals surface area contributed by atoms with Gasteiger partial charge in [-0.15, -0.1) is 13.2 Å². The molecule has 3 heterocycles. The van der Waals surface area contributed by atoms with E-state index in [0.717, 1.165) is 19.2 Å². The van der Waals surface area contributed by atoms with Crippen molar-refractivity contribution in [2.45, 2.75) is 51.1 Å². The molecule has 4 aromatic rings. The van der Waals surface area contributed by atoms with Crippen molar-refractivity contribution < 1.29 is 32.2 Å². The van der Waals surface area contributed by atoms with Crippen molar-refractivity contribution in [1.82, 2.24) is 24.3 Å². The molecular formula is C34H35F3N6O5. The molecule has 1 saturated heterocycles. The van der Waals surface area contributed by atoms with E-state index in [0.29, 0.717) is 42.6 Å². The van der Waals surface area contributed by atoms with Crippen molar-refractivity contribution in [1.29, 1.82) is 0 Å². The number of halogens is 3. The number of pyridine rings is 1. The van der Waals surface area contributed by atoms with Crippen molar-refractivity contribution in [3.8, 4) is 22.6 Å². The number of hydrogen-bond donors (Lipinski definition) is 1. The molecule has 1 N–H and O–H groups in total. The molecule has 0 atom stereocenters. The van der Waals surface area contributed by atoms with Crippen LogP contribution in [0.3, 0.4) is 0 Å². The summed E-state index contributed by atoms with van der Waals surface area (Å²) in [4.78, 5) is 52.6. The molecule has 2 aliphatic rings. The van der Waals surface area contributed by atoms with Crippen LogP contribution in [0.25, 0.3) is 27.7 Å². The van der Waals surface area contributed by atoms with Crippen molar-refractivity contribution in [2.24, 2.45) is 0 Å². The largest absolute Gasteiger partial charge is 0.573 e. The topological polar surface area (TPSA) is 119 Å². The van der Waals surface area contributed by atoms with E-state index < -0.39 is 40.7 Å². The maximum atomic E-state index is 13.6. The Morgan fingerprint density at radius 3 is 2.33 bits per heavy atom. The summed E-state index contributed by atoms with van der Waals surface area (Å²) < 4.78 is 50.9. The molecule has 2 aromatic heterocycles. The Morgan fingerprint density at radius 1 is 0.938 bits per heavy atom. The quantitative estimate of drug-likeness (QED) is 0.272. The van der Waals surface area contributed by atoms with E-state index in [4.69, 9.17) is 4.74 Å². The summed E-state index contributed by atoms with van der Waals surface area (Å²) in [6.07, 6.45) is 0.433. The average molecular weight is 665 g/mol. The highest BCUT2D eigenvalue weighted by atomic mass is 19.4. The van der Waals surface area contributed by atoms with Gasteiger partial charge in [-0.05, 0) is 82.6 Å². The fourth-order valence-electron chi connectivity index (χ4n) is 5.79. The summed E-state index contributed by atoms with van der Waals surface area (Å²) in [6.45, 7) is 8.20. The minimum absolute atomic E-state index is 0.182. The second-order valence-electron chi connectivity index (χ2n) is 13.1. The lowest BCUT2D eigenvalue weighted by molar-refractivity contribution is -0.274. The van der Waals surface area contributed by atoms with Gasteiger partial charge in [-0.3, -0.25) is 24.0 Å². The molecule has 1 amide bonds. The number of fused-ring (bicyclic) bond motifs is 1. The van der Waals surface area contributed by atoms with Crippen molar-refractivity contribution in [3.63, 3.8) is 0 Å². The molecule has 6 rings (SSSR count). The van der Waals surface area contributed by atoms with E-state index in [2.05, 4.69) is 29.8 Å². The second-order valence-corrected chi connectivity index (χ2v) is 13.1. The van der Waals surface area contributed by atoms with Gasteiger partial charge in [-0.2, -0.15) is 0 Å². The Labute approximate surface area is 274 Å². The van der Waals surface area contributed by atoms with Crippen LogP contribution in [0.15, 0.2) is 66.0 Å². The molecule has 2 aromatic carbocycles. The maximum absolute atomic E-state index is 13.6. The van der Waals surface area contributed by atoms with Gasteiger partial charge in [0.1, 0.15) is 17.5 Å². The molecular weight excluding hydrogens is 629 g/mol. The van der Waals surface area contributed by atoms with Crippen LogP contribution < -0.4 is 15.6 Å². The van der Waals surface area contributed by atoms with E-state index in [1.165, 1.54) is 29.2 Å². The molecule has 14 heteroatoms. The van der Waals surface area contributed by atoms with Gasteiger partial charge in [-0.25, -0.2) is 9.78 Å². The smallest absolute Gasteiger partial charge is 0.456 e. The van der Waals surface area contributed by atoms with E-state index in [1.807, 2.05) is 7.05 Å². The third-order valence-electron chi connectivity index (χ3n) is 8.44. The fourth-order valence-corrected chi connectivity index (χ4v) is 5.79. The maximum Gasteiger partial charge on any atom is 0.573 e. The first-order valence-corrected chi connectivity index (χ1v) is 15.5. The number of ether oxygens (including phenoxy) is 2. The minimum atomic E-state index is -5.00. The molecule has 1 saturated carbocycles. The molecule has 11 nitrogen and oxygen atoms in total. The lowest BCUT2D eigenvalue weighted by Gasteiger charge is -2.37. The summed E-state index contributed by atoms with van der Waals surface area (Å²) in [5.74, 6) is -1.53. The van der Waals surface area contributed by atoms with E-state index in [9.17, 15) is 27.6 Å². The predicted octanol–water partition coefficient (Wildman–Crippen LogP) is 5.02. The number of nitrogens with zero attached hydrogens (tertiary/aromatic N) is 5. The number of piperazine rings is 1. The number of amides is 1. The van der Waals surface area contributed by atoms with Crippen molar-refractivity contribution in [3.05, 3.63) is 77.1 Å². The molecule has 0 unspecified atom stereocenters. The molecule has 0 radical (unpaired) electrons. The van der Waals surface area contributed by atoms with Gasteiger partial charge >= 0.3 is 12.3 Å². The summed E-state index contributed by atoms with van der Waals surface area (Å²) in [6, 6.07) is 10.2. The standard InChI is InChI=1S/C34H35F3N6O5/c1-32(2,3)48-30(45)23-15-22(18-38-19-23)21-5-7-25-26(16-21)39-20-43(29(25)44)24-6-8-28(47-34(35,36)37)27(17-24)40-31(46)33(9-10-33)42-13-11-41(4)12-14-42/h5-8,15-20H,9-14H2,1-4H3,(H,40,46). The third-order valence-corrected chi connectivity index (χ3v) is 8.44. The number of likely N-dealkylation sites (N-methyl/N-ethyl adjacent to an activating group) is 1. The van der Waals surface area contributed by atoms with Crippen LogP contribution in [0.2, 0.25) is 0 Å². The van der Waals surface area contributed by atoms with Crippen LogP contribution >= 0.6 is 0 Å². The number of carbonyl (C=O) groups is 2. The van der Waals surface area contributed by atoms with E-state index in [1.54, 1.807) is 51.2 Å². The van der Waals surface area contributed by atoms with Crippen LogP contribution in [0, 0.1) is 0 Å². The van der Waals surface area contributed by atoms with Gasteiger partial charge in [0.2, 0.25) is 5.91 Å². The Kier molecular flexibility index (Phi) is 8.50. The number of carbonyl (C=O) groups excluding carboxylic acids is 2. The normalized spacial score (nSPS) is 16.8. The number of benzene rings is 2. The van der Waals surface area contributed by atoms with Crippen LogP contribution in [0.5, 0.6) is 5.75 Å². The molecule has 1 aliphatic carbocycles. The van der Waals surface area contributed by atoms with Crippen LogP contribution in [0.4, 0.5) is 18.9 Å². The Bertz CT molecular complexity index is 1940. The molecule has 48 heavy (non-hydrogen) atoms. The lowest BCUT2D eigenvalue weighted by Crippen LogP contribution is -2.54. The zero-order chi connectivity index (χ0) is 34.4. The lowest BCUT2D eigenvalue weighted by atomic mass is 10.0. The van der Waals surface area contributed by atoms with Gasteiger partial charge in [0.25, 0.3) is 5.56 Å². The van der Waals surface area contributed by atoms with Crippen molar-refractivity contribution in [2.75, 3.05) is 38.5 Å². The van der Waals surface area contributed by atoms with Gasteiger partial charge < -0.3 is 19.7 Å². The monoisotopic (exact) mass is 664 g/mol. The summed E-state index contributed by atoms with van der Waals surface area (Å²) >= 11 is 0. The number of alkyl halides is 3. The average Bonchev–Trinajstić information content (AvgIpc) is 3.83. The van der Waals surface area contributed by atoms with Gasteiger partial charge in [0, 0.05) is 44.1 Å². The SMILES string of the molecule is CN1CCN(C2(C(=O)Nc3cc(-n4cnc5cc(-c6cncc(C(=O)OC(C)(C)C)c6)ccc5c4=O)ccc3OC(F)(F)F)CC2)CC1. The second kappa shape index (κ2) is 12.3. The zero-order valence-electron chi connectivity index (χ0n) is 26.9. The van der Waals surface area contributed by atoms with Crippen LogP contribution in [-0.2, 0) is 9.53 Å².